The van der Waals surface area contributed by atoms with Crippen LogP contribution >= 0.6 is 11.3 Å². The first-order chi connectivity index (χ1) is 44.2. The van der Waals surface area contributed by atoms with Gasteiger partial charge in [0, 0.05) is 108 Å². The number of likely N-dealkylation sites (tertiary alicyclic amines) is 1. The van der Waals surface area contributed by atoms with E-state index in [0.29, 0.717) is 70.7 Å². The Kier molecular flexibility index (Phi) is 28.4. The molecule has 22 heteroatoms. The minimum atomic E-state index is -0.958. The zero-order chi connectivity index (χ0) is 64.2. The number of pyridine rings is 1. The number of anilines is 1. The Morgan fingerprint density at radius 2 is 1.37 bits per heavy atom. The summed E-state index contributed by atoms with van der Waals surface area (Å²) in [7, 11) is 0. The number of aromatic amines is 1. The largest absolute Gasteiger partial charge is 0.391 e. The van der Waals surface area contributed by atoms with E-state index in [1.54, 1.807) is 29.9 Å². The summed E-state index contributed by atoms with van der Waals surface area (Å²) in [4.78, 5) is 77.9. The second-order valence-electron chi connectivity index (χ2n) is 24.2. The van der Waals surface area contributed by atoms with E-state index in [1.807, 2.05) is 106 Å². The molecule has 91 heavy (non-hydrogen) atoms. The molecular weight excluding hydrogens is 1180 g/mol. The summed E-state index contributed by atoms with van der Waals surface area (Å²) >= 11 is 1.63. The molecule has 0 bridgehead atoms. The highest BCUT2D eigenvalue weighted by atomic mass is 32.1. The monoisotopic (exact) mass is 1270 g/mol. The number of carbonyl (C=O) groups is 4. The molecule has 5 N–H and O–H groups in total. The molecule has 2 fully saturated rings. The number of aromatic nitrogens is 4. The van der Waals surface area contributed by atoms with Gasteiger partial charge in [0.1, 0.15) is 29.4 Å². The standard InChI is InChI=1S/C69H92N10O11S/c1-50-12-21-58(41-57(50)42-62-71-24-22-60(75-62)56-11-10-23-70-45-56)74-66(82)55-19-15-53(16-20-55)46-78-28-26-77(27-29-78)25-8-6-7-9-30-85-31-32-86-33-34-87-35-36-88-37-38-89-39-40-90-48-63(81)76-65(69(3,4)5)68(84)79-47-59(80)43-61(79)67(83)72-44-52-13-17-54(18-14-52)64-51(2)73-49-91-64/h10-24,41,45,49,59,61,65,80H,6-9,25-40,42-44,46-48H2,1-5H3,(H,72,83)(H,74,82)(H,76,81)/p+1/t59-,61+,65-/m1/s1. The summed E-state index contributed by atoms with van der Waals surface area (Å²) in [6, 6.07) is 25.8. The number of rotatable bonds is 37. The van der Waals surface area contributed by atoms with Gasteiger partial charge in [0.05, 0.1) is 77.9 Å². The van der Waals surface area contributed by atoms with E-state index in [0.717, 1.165) is 108 Å². The maximum absolute atomic E-state index is 14.0. The van der Waals surface area contributed by atoms with Gasteiger partial charge in [0.15, 0.2) is 5.69 Å². The number of unbranched alkanes of at least 4 members (excludes halogenated alkanes) is 3. The van der Waals surface area contributed by atoms with Crippen LogP contribution in [-0.4, -0.2) is 195 Å². The van der Waals surface area contributed by atoms with E-state index in [-0.39, 0.29) is 51.1 Å². The maximum atomic E-state index is 14.0. The number of nitrogens with one attached hydrogen (secondary N) is 4. The smallest absolute Gasteiger partial charge is 0.255 e. The number of nitrogens with zero attached hydrogens (tertiary/aromatic N) is 6. The van der Waals surface area contributed by atoms with Gasteiger partial charge in [-0.3, -0.25) is 29.1 Å². The normalized spacial score (nSPS) is 15.8. The van der Waals surface area contributed by atoms with E-state index < -0.39 is 35.4 Å². The summed E-state index contributed by atoms with van der Waals surface area (Å²) in [5.74, 6) is -0.709. The van der Waals surface area contributed by atoms with Crippen LogP contribution in [0.5, 0.6) is 0 Å². The fraction of sp³-hybridized carbons (Fsp3) is 0.507. The molecule has 3 atom stereocenters. The van der Waals surface area contributed by atoms with Crippen molar-refractivity contribution in [3.05, 3.63) is 148 Å². The number of thiazole rings is 1. The van der Waals surface area contributed by atoms with Gasteiger partial charge in [-0.25, -0.2) is 15.0 Å². The number of piperazine rings is 1. The minimum Gasteiger partial charge on any atom is -0.391 e. The maximum Gasteiger partial charge on any atom is 0.255 e. The van der Waals surface area contributed by atoms with Crippen LogP contribution < -0.4 is 20.9 Å². The lowest BCUT2D eigenvalue weighted by molar-refractivity contribution is -0.379. The molecule has 21 nitrogen and oxygen atoms in total. The van der Waals surface area contributed by atoms with Crippen LogP contribution in [0, 0.1) is 19.3 Å². The molecule has 490 valence electrons. The molecule has 6 aromatic rings. The van der Waals surface area contributed by atoms with Gasteiger partial charge < -0.3 is 59.3 Å². The van der Waals surface area contributed by atoms with Crippen molar-refractivity contribution in [2.45, 2.75) is 104 Å². The molecule has 0 saturated carbocycles. The van der Waals surface area contributed by atoms with Crippen molar-refractivity contribution in [1.82, 2.24) is 40.3 Å². The zero-order valence-corrected chi connectivity index (χ0v) is 54.4. The number of hydrogen-bond donors (Lipinski definition) is 4. The quantitative estimate of drug-likeness (QED) is 0.0284. The molecule has 2 aliphatic rings. The molecule has 4 amide bonds. The molecule has 3 aromatic heterocycles. The average molecular weight is 1270 g/mol. The Hall–Kier alpha value is -6.96. The van der Waals surface area contributed by atoms with Gasteiger partial charge in [-0.2, -0.15) is 0 Å². The number of benzene rings is 3. The molecule has 0 aliphatic carbocycles. The van der Waals surface area contributed by atoms with Crippen molar-refractivity contribution in [2.75, 3.05) is 124 Å². The summed E-state index contributed by atoms with van der Waals surface area (Å²) in [5.41, 5.74) is 10.8. The first-order valence-corrected chi connectivity index (χ1v) is 32.8. The third-order valence-corrected chi connectivity index (χ3v) is 17.1. The van der Waals surface area contributed by atoms with E-state index in [2.05, 4.69) is 59.8 Å². The summed E-state index contributed by atoms with van der Waals surface area (Å²) in [6.07, 6.45) is 9.65. The molecule has 3 aromatic carbocycles. The van der Waals surface area contributed by atoms with Gasteiger partial charge in [-0.05, 0) is 102 Å². The Bertz CT molecular complexity index is 3180. The number of aliphatic hydroxyl groups is 1. The van der Waals surface area contributed by atoms with Crippen LogP contribution in [0.25, 0.3) is 21.7 Å². The highest BCUT2D eigenvalue weighted by molar-refractivity contribution is 7.13. The van der Waals surface area contributed by atoms with Crippen molar-refractivity contribution in [2.24, 2.45) is 5.41 Å². The average Bonchev–Trinajstić information content (AvgIpc) is 1.93. The molecule has 2 aliphatic heterocycles. The van der Waals surface area contributed by atoms with Crippen LogP contribution in [-0.2, 0) is 62.3 Å². The number of aliphatic hydroxyl groups excluding tert-OH is 1. The summed E-state index contributed by atoms with van der Waals surface area (Å²) < 4.78 is 33.8. The number of H-pyrrole nitrogens is 1. The number of aryl methyl sites for hydroxylation is 2. The molecular formula is C69H93N10O11S+. The van der Waals surface area contributed by atoms with Gasteiger partial charge in [0.2, 0.25) is 23.2 Å². The Balaban J connectivity index is 0.565. The lowest BCUT2D eigenvalue weighted by atomic mass is 9.85. The predicted molar refractivity (Wildman–Crippen MR) is 349 cm³/mol. The minimum absolute atomic E-state index is 0.0108. The van der Waals surface area contributed by atoms with Crippen molar-refractivity contribution < 1.29 is 57.7 Å². The van der Waals surface area contributed by atoms with Gasteiger partial charge in [0.25, 0.3) is 5.91 Å². The number of ether oxygens (including phenoxy) is 6. The van der Waals surface area contributed by atoms with Gasteiger partial charge >= 0.3 is 0 Å². The van der Waals surface area contributed by atoms with E-state index in [9.17, 15) is 24.3 Å². The lowest BCUT2D eigenvalue weighted by Crippen LogP contribution is -2.58. The Morgan fingerprint density at radius 1 is 0.725 bits per heavy atom. The molecule has 0 unspecified atom stereocenters. The first kappa shape index (κ1) is 69.9. The van der Waals surface area contributed by atoms with Crippen molar-refractivity contribution in [1.29, 1.82) is 0 Å². The Labute approximate surface area is 540 Å². The second kappa shape index (κ2) is 36.9. The SMILES string of the molecule is Cc1ccc(NC(=O)c2ccc(CN3CCN(CCCCCCOCCOCCOCCOCCOCCOCC(=O)N[C@H](C(=O)N4C[C@H](O)C[C@H]4C(=O)NCc4ccc(-c5sc[nH+]c5C)cc4)C(C)(C)C)CC3)cc2)cc1Cc1nccc(-c2cccnc2)n1. The fourth-order valence-corrected chi connectivity index (χ4v) is 11.7. The van der Waals surface area contributed by atoms with Crippen LogP contribution in [0.2, 0.25) is 0 Å². The lowest BCUT2D eigenvalue weighted by Gasteiger charge is -2.35. The number of amides is 4. The number of β-amino-alcohol motifs (C(OH)–C–C–N with tert-alkyl or cyclic N) is 1. The van der Waals surface area contributed by atoms with Crippen LogP contribution in [0.15, 0.2) is 109 Å². The molecule has 8 rings (SSSR count). The van der Waals surface area contributed by atoms with Crippen LogP contribution in [0.1, 0.15) is 97.0 Å². The molecule has 0 spiro atoms. The zero-order valence-electron chi connectivity index (χ0n) is 53.6. The van der Waals surface area contributed by atoms with Crippen LogP contribution in [0.4, 0.5) is 5.69 Å². The molecule has 0 radical (unpaired) electrons. The van der Waals surface area contributed by atoms with Crippen molar-refractivity contribution in [3.63, 3.8) is 0 Å². The third kappa shape index (κ3) is 23.3. The van der Waals surface area contributed by atoms with Gasteiger partial charge in [-0.1, -0.05) is 87.4 Å². The van der Waals surface area contributed by atoms with E-state index >= 15 is 0 Å². The topological polar surface area (TPSA) is 243 Å². The summed E-state index contributed by atoms with van der Waals surface area (Å²) in [5, 5.41) is 19.4. The highest BCUT2D eigenvalue weighted by Crippen LogP contribution is 2.28. The summed E-state index contributed by atoms with van der Waals surface area (Å²) in [6.45, 7) is 20.5. The van der Waals surface area contributed by atoms with Crippen molar-refractivity contribution in [3.8, 4) is 21.7 Å². The molecule has 5 heterocycles. The third-order valence-electron chi connectivity index (χ3n) is 16.1. The highest BCUT2D eigenvalue weighted by Gasteiger charge is 2.44. The number of hydrogen-bond acceptors (Lipinski definition) is 17. The second-order valence-corrected chi connectivity index (χ2v) is 25.1. The van der Waals surface area contributed by atoms with Gasteiger partial charge in [-0.15, -0.1) is 0 Å². The molecule has 2 saturated heterocycles. The fourth-order valence-electron chi connectivity index (χ4n) is 10.8. The van der Waals surface area contributed by atoms with E-state index in [4.69, 9.17) is 33.4 Å². The number of carbonyl (C=O) groups excluding carboxylic acids is 4. The van der Waals surface area contributed by atoms with Crippen molar-refractivity contribution >= 4 is 40.7 Å². The Morgan fingerprint density at radius 3 is 2.02 bits per heavy atom. The predicted octanol–water partition coefficient (Wildman–Crippen LogP) is 7.13. The van der Waals surface area contributed by atoms with Crippen LogP contribution in [0.3, 0.4) is 0 Å². The first-order valence-electron chi connectivity index (χ1n) is 31.9. The van der Waals surface area contributed by atoms with E-state index in [1.165, 1.54) is 23.3 Å².